The summed E-state index contributed by atoms with van der Waals surface area (Å²) in [6, 6.07) is 14.2. The first-order valence-electron chi connectivity index (χ1n) is 9.49. The monoisotopic (exact) mass is 483 g/mol. The van der Waals surface area contributed by atoms with Gasteiger partial charge >= 0.3 is 6.18 Å². The van der Waals surface area contributed by atoms with Crippen molar-refractivity contribution in [2.75, 3.05) is 11.9 Å². The minimum Gasteiger partial charge on any atom is -0.493 e. The molecule has 0 bridgehead atoms. The van der Waals surface area contributed by atoms with Gasteiger partial charge in [0.05, 0.1) is 22.9 Å². The Labute approximate surface area is 192 Å². The molecule has 4 nitrogen and oxygen atoms in total. The van der Waals surface area contributed by atoms with E-state index in [0.29, 0.717) is 28.7 Å². The lowest BCUT2D eigenvalue weighted by atomic mass is 10.1. The molecule has 168 valence electrons. The Morgan fingerprint density at radius 3 is 2.47 bits per heavy atom. The number of hydrogen-bond acceptors (Lipinski definition) is 3. The average molecular weight is 484 g/mol. The van der Waals surface area contributed by atoms with Crippen LogP contribution >= 0.6 is 23.2 Å². The zero-order valence-corrected chi connectivity index (χ0v) is 18.3. The van der Waals surface area contributed by atoms with E-state index in [1.165, 1.54) is 6.07 Å². The van der Waals surface area contributed by atoms with Crippen molar-refractivity contribution in [1.82, 2.24) is 0 Å². The second kappa shape index (κ2) is 10.1. The number of rotatable bonds is 7. The number of nitrogens with one attached hydrogen (secondary N) is 1. The second-order valence-corrected chi connectivity index (χ2v) is 7.49. The third-order valence-electron chi connectivity index (χ3n) is 4.35. The Morgan fingerprint density at radius 2 is 1.78 bits per heavy atom. The molecule has 0 aliphatic rings. The fourth-order valence-electron chi connectivity index (χ4n) is 2.84. The van der Waals surface area contributed by atoms with Gasteiger partial charge in [0.25, 0.3) is 5.91 Å². The van der Waals surface area contributed by atoms with E-state index in [1.54, 1.807) is 36.4 Å². The summed E-state index contributed by atoms with van der Waals surface area (Å²) in [6.45, 7) is 2.30. The second-order valence-electron chi connectivity index (χ2n) is 6.65. The standard InChI is InChI=1S/C23H18Cl2F3NO3/c1-2-31-21-9-6-14(10-15(21)13-32-18-5-3-4-17(24)12-18)22(30)29-20-11-16(23(26,27)28)7-8-19(20)25/h3-12H,2,13H2,1H3,(H,29,30). The summed E-state index contributed by atoms with van der Waals surface area (Å²) in [5.41, 5.74) is -0.280. The largest absolute Gasteiger partial charge is 0.493 e. The maximum atomic E-state index is 13.0. The molecule has 0 spiro atoms. The minimum atomic E-state index is -4.56. The molecule has 0 atom stereocenters. The third-order valence-corrected chi connectivity index (χ3v) is 4.92. The third kappa shape index (κ3) is 6.08. The summed E-state index contributed by atoms with van der Waals surface area (Å²) in [7, 11) is 0. The van der Waals surface area contributed by atoms with Gasteiger partial charge in [-0.15, -0.1) is 0 Å². The van der Waals surface area contributed by atoms with Gasteiger partial charge < -0.3 is 14.8 Å². The van der Waals surface area contributed by atoms with Crippen LogP contribution in [-0.4, -0.2) is 12.5 Å². The quantitative estimate of drug-likeness (QED) is 0.385. The molecule has 0 saturated carbocycles. The molecule has 0 aromatic heterocycles. The number of alkyl halides is 3. The molecule has 0 unspecified atom stereocenters. The molecule has 3 rings (SSSR count). The Morgan fingerprint density at radius 1 is 1.00 bits per heavy atom. The molecule has 0 aliphatic carbocycles. The maximum Gasteiger partial charge on any atom is 0.416 e. The summed E-state index contributed by atoms with van der Waals surface area (Å²) >= 11 is 11.9. The van der Waals surface area contributed by atoms with Crippen LogP contribution in [0.4, 0.5) is 18.9 Å². The Bertz CT molecular complexity index is 1120. The van der Waals surface area contributed by atoms with E-state index in [1.807, 2.05) is 6.92 Å². The fraction of sp³-hybridized carbons (Fsp3) is 0.174. The minimum absolute atomic E-state index is 0.0122. The van der Waals surface area contributed by atoms with Crippen LogP contribution in [-0.2, 0) is 12.8 Å². The van der Waals surface area contributed by atoms with Crippen molar-refractivity contribution in [3.63, 3.8) is 0 Å². The highest BCUT2D eigenvalue weighted by Gasteiger charge is 2.31. The van der Waals surface area contributed by atoms with Gasteiger partial charge in [-0.05, 0) is 61.5 Å². The van der Waals surface area contributed by atoms with Gasteiger partial charge in [0, 0.05) is 16.1 Å². The van der Waals surface area contributed by atoms with Crippen molar-refractivity contribution in [2.24, 2.45) is 0 Å². The molecule has 1 amide bonds. The predicted molar refractivity (Wildman–Crippen MR) is 118 cm³/mol. The highest BCUT2D eigenvalue weighted by molar-refractivity contribution is 6.34. The van der Waals surface area contributed by atoms with Crippen molar-refractivity contribution >= 4 is 34.8 Å². The van der Waals surface area contributed by atoms with Gasteiger partial charge in [0.1, 0.15) is 18.1 Å². The van der Waals surface area contributed by atoms with Crippen LogP contribution in [0.5, 0.6) is 11.5 Å². The lowest BCUT2D eigenvalue weighted by molar-refractivity contribution is -0.137. The van der Waals surface area contributed by atoms with E-state index in [-0.39, 0.29) is 22.9 Å². The van der Waals surface area contributed by atoms with E-state index < -0.39 is 17.6 Å². The van der Waals surface area contributed by atoms with Crippen LogP contribution in [0, 0.1) is 0 Å². The van der Waals surface area contributed by atoms with E-state index in [2.05, 4.69) is 5.32 Å². The number of anilines is 1. The first-order chi connectivity index (χ1) is 15.2. The van der Waals surface area contributed by atoms with Gasteiger partial charge in [-0.25, -0.2) is 0 Å². The van der Waals surface area contributed by atoms with Crippen molar-refractivity contribution < 1.29 is 27.4 Å². The Balaban J connectivity index is 1.83. The van der Waals surface area contributed by atoms with Gasteiger partial charge in [0.15, 0.2) is 0 Å². The molecule has 9 heteroatoms. The summed E-state index contributed by atoms with van der Waals surface area (Å²) in [4.78, 5) is 12.7. The molecule has 0 heterocycles. The number of carbonyl (C=O) groups is 1. The zero-order chi connectivity index (χ0) is 23.3. The summed E-state index contributed by atoms with van der Waals surface area (Å²) < 4.78 is 50.3. The Hall–Kier alpha value is -2.90. The van der Waals surface area contributed by atoms with Crippen LogP contribution in [0.15, 0.2) is 60.7 Å². The Kier molecular flexibility index (Phi) is 7.53. The van der Waals surface area contributed by atoms with Gasteiger partial charge in [-0.3, -0.25) is 4.79 Å². The lowest BCUT2D eigenvalue weighted by Crippen LogP contribution is -2.14. The number of hydrogen-bond donors (Lipinski definition) is 1. The topological polar surface area (TPSA) is 47.6 Å². The van der Waals surface area contributed by atoms with Crippen LogP contribution in [0.3, 0.4) is 0 Å². The van der Waals surface area contributed by atoms with E-state index in [4.69, 9.17) is 32.7 Å². The average Bonchev–Trinajstić information content (AvgIpc) is 2.74. The summed E-state index contributed by atoms with van der Waals surface area (Å²) in [5, 5.41) is 2.93. The van der Waals surface area contributed by atoms with Crippen LogP contribution in [0.25, 0.3) is 0 Å². The molecule has 3 aromatic rings. The smallest absolute Gasteiger partial charge is 0.416 e. The molecule has 1 N–H and O–H groups in total. The van der Waals surface area contributed by atoms with Gasteiger partial charge in [-0.1, -0.05) is 29.3 Å². The first-order valence-corrected chi connectivity index (χ1v) is 10.2. The zero-order valence-electron chi connectivity index (χ0n) is 16.8. The first kappa shape index (κ1) is 23.8. The maximum absolute atomic E-state index is 13.0. The highest BCUT2D eigenvalue weighted by Crippen LogP contribution is 2.34. The molecule has 32 heavy (non-hydrogen) atoms. The highest BCUT2D eigenvalue weighted by atomic mass is 35.5. The lowest BCUT2D eigenvalue weighted by Gasteiger charge is -2.14. The van der Waals surface area contributed by atoms with E-state index in [0.717, 1.165) is 18.2 Å². The van der Waals surface area contributed by atoms with Crippen LogP contribution in [0.2, 0.25) is 10.0 Å². The van der Waals surface area contributed by atoms with Crippen molar-refractivity contribution in [3.8, 4) is 11.5 Å². The molecular weight excluding hydrogens is 466 g/mol. The van der Waals surface area contributed by atoms with Crippen molar-refractivity contribution in [2.45, 2.75) is 19.7 Å². The summed E-state index contributed by atoms with van der Waals surface area (Å²) in [6.07, 6.45) is -4.56. The number of carbonyl (C=O) groups excluding carboxylic acids is 1. The molecule has 3 aromatic carbocycles. The summed E-state index contributed by atoms with van der Waals surface area (Å²) in [5.74, 6) is 0.423. The number of ether oxygens (including phenoxy) is 2. The van der Waals surface area contributed by atoms with E-state index in [9.17, 15) is 18.0 Å². The van der Waals surface area contributed by atoms with Crippen molar-refractivity contribution in [3.05, 3.63) is 87.4 Å². The van der Waals surface area contributed by atoms with Gasteiger partial charge in [0.2, 0.25) is 0 Å². The molecule has 0 fully saturated rings. The molecular formula is C23H18Cl2F3NO3. The van der Waals surface area contributed by atoms with Crippen LogP contribution < -0.4 is 14.8 Å². The number of halogens is 5. The fourth-order valence-corrected chi connectivity index (χ4v) is 3.18. The number of amides is 1. The molecule has 0 saturated heterocycles. The molecule has 0 radical (unpaired) electrons. The van der Waals surface area contributed by atoms with Crippen molar-refractivity contribution in [1.29, 1.82) is 0 Å². The van der Waals surface area contributed by atoms with Gasteiger partial charge in [-0.2, -0.15) is 13.2 Å². The normalized spacial score (nSPS) is 11.2. The van der Waals surface area contributed by atoms with E-state index >= 15 is 0 Å². The van der Waals surface area contributed by atoms with Crippen LogP contribution in [0.1, 0.15) is 28.4 Å². The SMILES string of the molecule is CCOc1ccc(C(=O)Nc2cc(C(F)(F)F)ccc2Cl)cc1COc1cccc(Cl)c1. The molecule has 0 aliphatic heterocycles. The predicted octanol–water partition coefficient (Wildman–Crippen LogP) is 7.24. The number of benzene rings is 3.